The van der Waals surface area contributed by atoms with Crippen LogP contribution in [-0.4, -0.2) is 50.5 Å². The molecule has 1 aliphatic heterocycles. The Hall–Kier alpha value is -2.55. The molecule has 0 saturated carbocycles. The summed E-state index contributed by atoms with van der Waals surface area (Å²) in [6, 6.07) is 17.3. The van der Waals surface area contributed by atoms with Crippen molar-refractivity contribution in [3.05, 3.63) is 65.2 Å². The van der Waals surface area contributed by atoms with Gasteiger partial charge in [0.25, 0.3) is 0 Å². The summed E-state index contributed by atoms with van der Waals surface area (Å²) in [5.41, 5.74) is 5.05. The maximum absolute atomic E-state index is 12.7. The third-order valence-electron chi connectivity index (χ3n) is 7.00. The van der Waals surface area contributed by atoms with Crippen LogP contribution in [0.5, 0.6) is 0 Å². The van der Waals surface area contributed by atoms with Gasteiger partial charge < -0.3 is 10.2 Å². The predicted molar refractivity (Wildman–Crippen MR) is 134 cm³/mol. The van der Waals surface area contributed by atoms with Crippen LogP contribution >= 0.6 is 0 Å². The zero-order valence-electron chi connectivity index (χ0n) is 20.3. The molecule has 2 aromatic carbocycles. The number of hydrogen-bond acceptors (Lipinski definition) is 4. The highest BCUT2D eigenvalue weighted by molar-refractivity contribution is 7.91. The van der Waals surface area contributed by atoms with Gasteiger partial charge in [-0.15, -0.1) is 0 Å². The molecule has 2 aromatic rings. The van der Waals surface area contributed by atoms with Gasteiger partial charge in [0, 0.05) is 38.1 Å². The molecule has 9 heteroatoms. The molecular weight excluding hydrogens is 477 g/mol. The quantitative estimate of drug-likeness (QED) is 0.598. The van der Waals surface area contributed by atoms with E-state index in [1.807, 2.05) is 0 Å². The van der Waals surface area contributed by atoms with Gasteiger partial charge in [0.05, 0.1) is 11.5 Å². The van der Waals surface area contributed by atoms with E-state index >= 15 is 0 Å². The molecule has 0 spiro atoms. The molecule has 1 amide bonds. The highest BCUT2D eigenvalue weighted by atomic mass is 32.2. The molecular formula is C26H35F3N2O3S. The van der Waals surface area contributed by atoms with Crippen LogP contribution < -0.4 is 5.32 Å². The van der Waals surface area contributed by atoms with E-state index in [1.54, 1.807) is 11.9 Å². The third-order valence-corrected chi connectivity index (χ3v) is 8.72. The number of benzene rings is 2. The minimum atomic E-state index is -3.67. The molecule has 1 atom stereocenters. The molecule has 1 unspecified atom stereocenters. The number of hydrogen-bond donors (Lipinski definition) is 1. The Bertz CT molecular complexity index is 1110. The number of carbonyl (C=O) groups excluding carboxylic acids is 1. The Morgan fingerprint density at radius 1 is 1.09 bits per heavy atom. The molecule has 1 heterocycles. The first-order valence-corrected chi connectivity index (χ1v) is 13.5. The summed E-state index contributed by atoms with van der Waals surface area (Å²) < 4.78 is 52.2. The summed E-state index contributed by atoms with van der Waals surface area (Å²) in [6.45, 7) is 1.45. The van der Waals surface area contributed by atoms with Crippen molar-refractivity contribution in [3.8, 4) is 0 Å². The maximum atomic E-state index is 12.7. The zero-order valence-corrected chi connectivity index (χ0v) is 21.1. The lowest BCUT2D eigenvalue weighted by Crippen LogP contribution is -2.37. The summed E-state index contributed by atoms with van der Waals surface area (Å²) in [7, 11) is -1.15. The van der Waals surface area contributed by atoms with E-state index in [4.69, 9.17) is 0 Å². The lowest BCUT2D eigenvalue weighted by atomic mass is 9.83. The van der Waals surface area contributed by atoms with Gasteiger partial charge in [-0.1, -0.05) is 50.2 Å². The van der Waals surface area contributed by atoms with Crippen molar-refractivity contribution >= 4 is 21.4 Å². The smallest absolute Gasteiger partial charge is 0.379 e. The average molecular weight is 513 g/mol. The van der Waals surface area contributed by atoms with Gasteiger partial charge in [0.2, 0.25) is 5.91 Å². The number of fused-ring (bicyclic) bond motifs is 1. The average Bonchev–Trinajstić information content (AvgIpc) is 3.04. The van der Waals surface area contributed by atoms with Crippen molar-refractivity contribution in [2.75, 3.05) is 23.9 Å². The fourth-order valence-electron chi connectivity index (χ4n) is 4.93. The van der Waals surface area contributed by atoms with E-state index in [2.05, 4.69) is 67.7 Å². The van der Waals surface area contributed by atoms with Gasteiger partial charge in [-0.2, -0.15) is 13.2 Å². The highest BCUT2D eigenvalue weighted by Gasteiger charge is 2.39. The molecule has 1 N–H and O–H groups in total. The third kappa shape index (κ3) is 6.99. The second kappa shape index (κ2) is 11.0. The number of halogens is 3. The van der Waals surface area contributed by atoms with E-state index in [1.165, 1.54) is 11.1 Å². The monoisotopic (exact) mass is 512 g/mol. The van der Waals surface area contributed by atoms with Crippen LogP contribution in [0.1, 0.15) is 44.8 Å². The topological polar surface area (TPSA) is 66.5 Å². The van der Waals surface area contributed by atoms with Crippen LogP contribution in [0.25, 0.3) is 0 Å². The summed E-state index contributed by atoms with van der Waals surface area (Å²) in [4.78, 5) is 14.4. The van der Waals surface area contributed by atoms with E-state index in [0.29, 0.717) is 25.4 Å². The summed E-state index contributed by atoms with van der Waals surface area (Å²) in [5, 5.41) is 3.70. The second-order valence-corrected chi connectivity index (χ2v) is 12.1. The first kappa shape index (κ1) is 27.0. The Kier molecular flexibility index (Phi) is 8.51. The molecule has 2 aliphatic rings. The standard InChI is InChI=1S/C25H32N2O3S.CHF3.H2/c1-25(2)22-7-5-4-6-20(22)16-23(25)26-21-10-8-18(9-11-21)17-27(3)24(28)19-12-14-31(29,30)15-13-19;2-1(3)4;/h4-11,19,23,26H,12-17H2,1-3H3;1H;1H. The number of anilines is 1. The van der Waals surface area contributed by atoms with Gasteiger partial charge in [-0.25, -0.2) is 8.42 Å². The summed E-state index contributed by atoms with van der Waals surface area (Å²) in [5.74, 6) is 0.112. The van der Waals surface area contributed by atoms with Crippen LogP contribution in [0.4, 0.5) is 18.9 Å². The molecule has 1 saturated heterocycles. The van der Waals surface area contributed by atoms with Crippen molar-refractivity contribution in [2.24, 2.45) is 5.92 Å². The van der Waals surface area contributed by atoms with Gasteiger partial charge >= 0.3 is 6.68 Å². The van der Waals surface area contributed by atoms with Crippen LogP contribution in [-0.2, 0) is 33.0 Å². The Labute approximate surface area is 207 Å². The first-order chi connectivity index (χ1) is 16.4. The number of carbonyl (C=O) groups is 1. The van der Waals surface area contributed by atoms with Crippen LogP contribution in [0.2, 0.25) is 0 Å². The van der Waals surface area contributed by atoms with Gasteiger partial charge in [0.15, 0.2) is 0 Å². The van der Waals surface area contributed by atoms with E-state index < -0.39 is 16.5 Å². The van der Waals surface area contributed by atoms with E-state index in [0.717, 1.165) is 17.7 Å². The molecule has 1 fully saturated rings. The van der Waals surface area contributed by atoms with Crippen molar-refractivity contribution in [3.63, 3.8) is 0 Å². The number of sulfone groups is 1. The molecule has 4 rings (SSSR count). The molecule has 194 valence electrons. The summed E-state index contributed by atoms with van der Waals surface area (Å²) in [6.07, 6.45) is 1.89. The largest absolute Gasteiger partial charge is 0.381 e. The molecule has 0 aromatic heterocycles. The van der Waals surface area contributed by atoms with Crippen molar-refractivity contribution < 1.29 is 27.8 Å². The minimum absolute atomic E-state index is 0. The number of nitrogens with zero attached hydrogens (tertiary/aromatic N) is 1. The fourth-order valence-corrected chi connectivity index (χ4v) is 6.42. The van der Waals surface area contributed by atoms with Gasteiger partial charge in [-0.3, -0.25) is 4.79 Å². The summed E-state index contributed by atoms with van der Waals surface area (Å²) >= 11 is 0. The molecule has 5 nitrogen and oxygen atoms in total. The maximum Gasteiger partial charge on any atom is 0.379 e. The normalized spacial score (nSPS) is 20.5. The number of rotatable bonds is 5. The second-order valence-electron chi connectivity index (χ2n) is 9.84. The molecule has 0 bridgehead atoms. The van der Waals surface area contributed by atoms with Crippen LogP contribution in [0, 0.1) is 5.92 Å². The lowest BCUT2D eigenvalue weighted by molar-refractivity contribution is -0.135. The van der Waals surface area contributed by atoms with Crippen LogP contribution in [0.3, 0.4) is 0 Å². The number of nitrogens with one attached hydrogen (secondary N) is 1. The fraction of sp³-hybridized carbons (Fsp3) is 0.500. The van der Waals surface area contributed by atoms with Gasteiger partial charge in [0.1, 0.15) is 9.84 Å². The van der Waals surface area contributed by atoms with E-state index in [9.17, 15) is 26.4 Å². The molecule has 1 aliphatic carbocycles. The number of alkyl halides is 3. The van der Waals surface area contributed by atoms with E-state index in [-0.39, 0.29) is 30.2 Å². The zero-order chi connectivity index (χ0) is 25.8. The minimum Gasteiger partial charge on any atom is -0.381 e. The van der Waals surface area contributed by atoms with Crippen molar-refractivity contribution in [2.45, 2.75) is 57.8 Å². The van der Waals surface area contributed by atoms with Crippen molar-refractivity contribution in [1.29, 1.82) is 0 Å². The van der Waals surface area contributed by atoms with Crippen molar-refractivity contribution in [1.82, 2.24) is 4.90 Å². The number of amides is 1. The lowest BCUT2D eigenvalue weighted by Gasteiger charge is -2.30. The predicted octanol–water partition coefficient (Wildman–Crippen LogP) is 5.21. The Morgan fingerprint density at radius 3 is 2.23 bits per heavy atom. The van der Waals surface area contributed by atoms with Gasteiger partial charge in [-0.05, 0) is 48.1 Å². The molecule has 35 heavy (non-hydrogen) atoms. The first-order valence-electron chi connectivity index (χ1n) is 11.7. The Morgan fingerprint density at radius 2 is 1.66 bits per heavy atom. The van der Waals surface area contributed by atoms with Crippen LogP contribution in [0.15, 0.2) is 48.5 Å². The SMILES string of the molecule is CN(Cc1ccc(NC2Cc3ccccc3C2(C)C)cc1)C(=O)C1CCS(=O)(=O)CC1.FC(F)F.[HH]. The molecule has 0 radical (unpaired) electrons. The Balaban J connectivity index is 0.000000850. The highest BCUT2D eigenvalue weighted by Crippen LogP contribution is 2.39.